The maximum Gasteiger partial charge on any atom is 0.269 e. The van der Waals surface area contributed by atoms with Crippen molar-refractivity contribution in [2.24, 2.45) is 11.1 Å². The first-order valence-electron chi connectivity index (χ1n) is 8.11. The quantitative estimate of drug-likeness (QED) is 0.911. The topological polar surface area (TPSA) is 71.0 Å². The van der Waals surface area contributed by atoms with Gasteiger partial charge in [-0.05, 0) is 31.4 Å². The van der Waals surface area contributed by atoms with Gasteiger partial charge in [0.2, 0.25) is 0 Å². The fourth-order valence-corrected chi connectivity index (χ4v) is 3.29. The molecule has 0 radical (unpaired) electrons. The molecule has 1 saturated heterocycles. The van der Waals surface area contributed by atoms with E-state index in [0.717, 1.165) is 12.8 Å². The van der Waals surface area contributed by atoms with Crippen LogP contribution < -0.4 is 5.32 Å². The average Bonchev–Trinajstić information content (AvgIpc) is 3.11. The highest BCUT2D eigenvalue weighted by Gasteiger charge is 2.46. The number of amides is 2. The number of fused-ring (bicyclic) bond motifs is 1. The zero-order valence-corrected chi connectivity index (χ0v) is 12.8. The number of hydrogen-bond donors (Lipinski definition) is 1. The molecule has 2 atom stereocenters. The van der Waals surface area contributed by atoms with Crippen LogP contribution in [-0.4, -0.2) is 47.7 Å². The molecule has 2 aliphatic heterocycles. The standard InChI is InChI=1S/C17H19N3O3/c21-16(18-12-7-4-8-12)15-13-9-20(10-14(13)23-19-15)17(22)11-5-2-1-3-6-11/h1-3,5-6,12-14H,4,7-10H2,(H,18,21)/t13-,14+/m0/s1. The van der Waals surface area contributed by atoms with Crippen molar-refractivity contribution in [2.45, 2.75) is 31.4 Å². The molecule has 1 N–H and O–H groups in total. The van der Waals surface area contributed by atoms with E-state index >= 15 is 0 Å². The summed E-state index contributed by atoms with van der Waals surface area (Å²) in [6.45, 7) is 0.956. The van der Waals surface area contributed by atoms with Crippen LogP contribution in [0.2, 0.25) is 0 Å². The SMILES string of the molecule is O=C(NC1CCC1)C1=NO[C@@H]2CN(C(=O)c3ccccc3)C[C@H]12. The molecule has 2 amide bonds. The Morgan fingerprint density at radius 3 is 2.65 bits per heavy atom. The number of nitrogens with one attached hydrogen (secondary N) is 1. The summed E-state index contributed by atoms with van der Waals surface area (Å²) in [7, 11) is 0. The van der Waals surface area contributed by atoms with Crippen LogP contribution in [0.15, 0.2) is 35.5 Å². The Bertz CT molecular complexity index is 654. The van der Waals surface area contributed by atoms with Gasteiger partial charge in [0.15, 0.2) is 11.8 Å². The zero-order valence-electron chi connectivity index (χ0n) is 12.8. The van der Waals surface area contributed by atoms with Crippen molar-refractivity contribution in [3.8, 4) is 0 Å². The molecule has 120 valence electrons. The fraction of sp³-hybridized carbons (Fsp3) is 0.471. The van der Waals surface area contributed by atoms with Gasteiger partial charge in [0.25, 0.3) is 11.8 Å². The van der Waals surface area contributed by atoms with E-state index in [9.17, 15) is 9.59 Å². The molecule has 2 heterocycles. The molecule has 1 aliphatic carbocycles. The first-order valence-corrected chi connectivity index (χ1v) is 8.11. The van der Waals surface area contributed by atoms with E-state index in [0.29, 0.717) is 24.4 Å². The van der Waals surface area contributed by atoms with E-state index in [2.05, 4.69) is 10.5 Å². The summed E-state index contributed by atoms with van der Waals surface area (Å²) >= 11 is 0. The lowest BCUT2D eigenvalue weighted by molar-refractivity contribution is -0.116. The number of hydrogen-bond acceptors (Lipinski definition) is 4. The zero-order chi connectivity index (χ0) is 15.8. The van der Waals surface area contributed by atoms with Crippen molar-refractivity contribution in [3.63, 3.8) is 0 Å². The van der Waals surface area contributed by atoms with Crippen molar-refractivity contribution >= 4 is 17.5 Å². The lowest BCUT2D eigenvalue weighted by Crippen LogP contribution is -2.45. The second-order valence-corrected chi connectivity index (χ2v) is 6.40. The number of likely N-dealkylation sites (tertiary alicyclic amines) is 1. The molecule has 6 nitrogen and oxygen atoms in total. The molecule has 3 aliphatic rings. The third-order valence-corrected chi connectivity index (χ3v) is 4.88. The Morgan fingerprint density at radius 2 is 1.96 bits per heavy atom. The predicted octanol–water partition coefficient (Wildman–Crippen LogP) is 1.18. The second kappa shape index (κ2) is 5.68. The fourth-order valence-electron chi connectivity index (χ4n) is 3.29. The highest BCUT2D eigenvalue weighted by atomic mass is 16.6. The summed E-state index contributed by atoms with van der Waals surface area (Å²) < 4.78 is 0. The van der Waals surface area contributed by atoms with E-state index in [1.54, 1.807) is 17.0 Å². The maximum absolute atomic E-state index is 12.5. The minimum absolute atomic E-state index is 0.0256. The average molecular weight is 313 g/mol. The van der Waals surface area contributed by atoms with Crippen molar-refractivity contribution < 1.29 is 14.4 Å². The summed E-state index contributed by atoms with van der Waals surface area (Å²) in [5.41, 5.74) is 1.09. The maximum atomic E-state index is 12.5. The molecule has 2 fully saturated rings. The molecular weight excluding hydrogens is 294 g/mol. The summed E-state index contributed by atoms with van der Waals surface area (Å²) in [4.78, 5) is 32.0. The molecule has 0 bridgehead atoms. The van der Waals surface area contributed by atoms with Gasteiger partial charge < -0.3 is 15.1 Å². The summed E-state index contributed by atoms with van der Waals surface area (Å²) in [5.74, 6) is -0.290. The molecule has 0 unspecified atom stereocenters. The number of rotatable bonds is 3. The van der Waals surface area contributed by atoms with Gasteiger partial charge in [-0.1, -0.05) is 23.4 Å². The summed E-state index contributed by atoms with van der Waals surface area (Å²) in [5, 5.41) is 6.96. The third-order valence-electron chi connectivity index (χ3n) is 4.88. The van der Waals surface area contributed by atoms with Crippen LogP contribution in [-0.2, 0) is 9.63 Å². The molecular formula is C17H19N3O3. The van der Waals surface area contributed by atoms with Crippen LogP contribution >= 0.6 is 0 Å². The van der Waals surface area contributed by atoms with Gasteiger partial charge in [-0.15, -0.1) is 0 Å². The van der Waals surface area contributed by atoms with Crippen LogP contribution in [0.25, 0.3) is 0 Å². The lowest BCUT2D eigenvalue weighted by Gasteiger charge is -2.26. The largest absolute Gasteiger partial charge is 0.389 e. The minimum atomic E-state index is -0.204. The molecule has 0 aromatic heterocycles. The Balaban J connectivity index is 1.42. The Kier molecular flexibility index (Phi) is 3.52. The van der Waals surface area contributed by atoms with E-state index in [-0.39, 0.29) is 29.9 Å². The van der Waals surface area contributed by atoms with Gasteiger partial charge in [-0.25, -0.2) is 0 Å². The van der Waals surface area contributed by atoms with E-state index < -0.39 is 0 Å². The lowest BCUT2D eigenvalue weighted by atomic mass is 9.92. The first-order chi connectivity index (χ1) is 11.2. The second-order valence-electron chi connectivity index (χ2n) is 6.40. The van der Waals surface area contributed by atoms with Crippen molar-refractivity contribution in [2.75, 3.05) is 13.1 Å². The smallest absolute Gasteiger partial charge is 0.269 e. The highest BCUT2D eigenvalue weighted by molar-refractivity contribution is 6.40. The summed E-state index contributed by atoms with van der Waals surface area (Å²) in [6, 6.07) is 9.45. The first kappa shape index (κ1) is 14.2. The number of carbonyl (C=O) groups is 2. The summed E-state index contributed by atoms with van der Waals surface area (Å²) in [6.07, 6.45) is 3.03. The number of benzene rings is 1. The van der Waals surface area contributed by atoms with Crippen LogP contribution in [0.5, 0.6) is 0 Å². The predicted molar refractivity (Wildman–Crippen MR) is 83.9 cm³/mol. The molecule has 1 aromatic carbocycles. The molecule has 23 heavy (non-hydrogen) atoms. The highest BCUT2D eigenvalue weighted by Crippen LogP contribution is 2.29. The number of oxime groups is 1. The van der Waals surface area contributed by atoms with Gasteiger partial charge in [0.1, 0.15) is 0 Å². The Morgan fingerprint density at radius 1 is 1.17 bits per heavy atom. The Hall–Kier alpha value is -2.37. The minimum Gasteiger partial charge on any atom is -0.389 e. The molecule has 1 saturated carbocycles. The molecule has 0 spiro atoms. The van der Waals surface area contributed by atoms with Gasteiger partial charge >= 0.3 is 0 Å². The normalized spacial score (nSPS) is 26.1. The van der Waals surface area contributed by atoms with Gasteiger partial charge in [0.05, 0.1) is 12.5 Å². The van der Waals surface area contributed by atoms with E-state index in [4.69, 9.17) is 4.84 Å². The van der Waals surface area contributed by atoms with Crippen LogP contribution in [0, 0.1) is 5.92 Å². The van der Waals surface area contributed by atoms with Gasteiger partial charge in [-0.2, -0.15) is 0 Å². The van der Waals surface area contributed by atoms with Crippen molar-refractivity contribution in [3.05, 3.63) is 35.9 Å². The monoisotopic (exact) mass is 313 g/mol. The Labute approximate surface area is 134 Å². The number of carbonyl (C=O) groups excluding carboxylic acids is 2. The van der Waals surface area contributed by atoms with Crippen LogP contribution in [0.3, 0.4) is 0 Å². The van der Waals surface area contributed by atoms with E-state index in [1.165, 1.54) is 6.42 Å². The van der Waals surface area contributed by atoms with Crippen molar-refractivity contribution in [1.82, 2.24) is 10.2 Å². The van der Waals surface area contributed by atoms with Crippen LogP contribution in [0.4, 0.5) is 0 Å². The van der Waals surface area contributed by atoms with E-state index in [1.807, 2.05) is 18.2 Å². The third kappa shape index (κ3) is 2.58. The molecule has 4 rings (SSSR count). The number of nitrogens with zero attached hydrogens (tertiary/aromatic N) is 2. The molecule has 1 aromatic rings. The van der Waals surface area contributed by atoms with Gasteiger partial charge in [-0.3, -0.25) is 9.59 Å². The molecule has 6 heteroatoms. The van der Waals surface area contributed by atoms with Gasteiger partial charge in [0, 0.05) is 18.2 Å². The van der Waals surface area contributed by atoms with Crippen LogP contribution in [0.1, 0.15) is 29.6 Å². The van der Waals surface area contributed by atoms with Crippen molar-refractivity contribution in [1.29, 1.82) is 0 Å².